The topological polar surface area (TPSA) is 83.4 Å². The van der Waals surface area contributed by atoms with E-state index in [1.807, 2.05) is 0 Å². The van der Waals surface area contributed by atoms with Crippen molar-refractivity contribution >= 4 is 17.7 Å². The van der Waals surface area contributed by atoms with Crippen LogP contribution in [0.15, 0.2) is 34.5 Å². The van der Waals surface area contributed by atoms with Crippen molar-refractivity contribution in [2.45, 2.75) is 24.9 Å². The highest BCUT2D eigenvalue weighted by atomic mass is 16.6. The number of amides is 2. The standard InChI is InChI=1S/C17H18N4O3/c1-2-3-7-17(19-20-17)8-9-18-15(22)13-5-4-6-14(12-13)21-10-11-24-16(21)23/h1,4-6,12H,3,7-11H2,(H,18,22). The third kappa shape index (κ3) is 3.54. The van der Waals surface area contributed by atoms with Crippen molar-refractivity contribution in [1.29, 1.82) is 0 Å². The van der Waals surface area contributed by atoms with E-state index in [2.05, 4.69) is 21.5 Å². The zero-order valence-corrected chi connectivity index (χ0v) is 13.2. The lowest BCUT2D eigenvalue weighted by Crippen LogP contribution is -2.29. The smallest absolute Gasteiger partial charge is 0.414 e. The van der Waals surface area contributed by atoms with Crippen LogP contribution in [0.4, 0.5) is 10.5 Å². The number of nitrogens with one attached hydrogen (secondary N) is 1. The highest BCUT2D eigenvalue weighted by Crippen LogP contribution is 2.36. The molecular formula is C17H18N4O3. The lowest BCUT2D eigenvalue weighted by atomic mass is 10.0. The summed E-state index contributed by atoms with van der Waals surface area (Å²) in [6.07, 6.45) is 6.83. The highest BCUT2D eigenvalue weighted by molar-refractivity contribution is 5.97. The largest absolute Gasteiger partial charge is 0.447 e. The molecule has 2 aliphatic heterocycles. The van der Waals surface area contributed by atoms with Gasteiger partial charge < -0.3 is 10.1 Å². The zero-order chi connectivity index (χ0) is 17.0. The number of anilines is 1. The molecule has 1 saturated heterocycles. The van der Waals surface area contributed by atoms with Crippen molar-refractivity contribution in [3.63, 3.8) is 0 Å². The lowest BCUT2D eigenvalue weighted by molar-refractivity contribution is 0.0952. The molecule has 7 heteroatoms. The third-order valence-electron chi connectivity index (χ3n) is 4.04. The molecule has 0 saturated carbocycles. The molecule has 0 bridgehead atoms. The van der Waals surface area contributed by atoms with Gasteiger partial charge in [-0.25, -0.2) is 4.79 Å². The van der Waals surface area contributed by atoms with E-state index in [0.29, 0.717) is 50.2 Å². The van der Waals surface area contributed by atoms with E-state index in [4.69, 9.17) is 11.2 Å². The van der Waals surface area contributed by atoms with Gasteiger partial charge in [0.1, 0.15) is 6.61 Å². The number of hydrogen-bond acceptors (Lipinski definition) is 5. The zero-order valence-electron chi connectivity index (χ0n) is 13.2. The predicted octanol–water partition coefficient (Wildman–Crippen LogP) is 2.34. The first-order valence-corrected chi connectivity index (χ1v) is 7.84. The Balaban J connectivity index is 1.54. The fraction of sp³-hybridized carbons (Fsp3) is 0.412. The van der Waals surface area contributed by atoms with Crippen LogP contribution in [0.25, 0.3) is 0 Å². The first-order chi connectivity index (χ1) is 11.6. The van der Waals surface area contributed by atoms with Crippen LogP contribution in [0, 0.1) is 12.3 Å². The van der Waals surface area contributed by atoms with Crippen LogP contribution in [-0.4, -0.2) is 37.4 Å². The molecule has 24 heavy (non-hydrogen) atoms. The Kier molecular flexibility index (Phi) is 4.47. The number of terminal acetylenes is 1. The molecule has 0 aromatic heterocycles. The molecule has 7 nitrogen and oxygen atoms in total. The van der Waals surface area contributed by atoms with Gasteiger partial charge in [-0.3, -0.25) is 9.69 Å². The molecule has 1 aromatic carbocycles. The van der Waals surface area contributed by atoms with E-state index in [-0.39, 0.29) is 12.0 Å². The summed E-state index contributed by atoms with van der Waals surface area (Å²) in [5.41, 5.74) is 0.748. The number of hydrogen-bond donors (Lipinski definition) is 1. The van der Waals surface area contributed by atoms with Crippen LogP contribution in [0.5, 0.6) is 0 Å². The van der Waals surface area contributed by atoms with Crippen molar-refractivity contribution < 1.29 is 14.3 Å². The molecule has 0 radical (unpaired) electrons. The van der Waals surface area contributed by atoms with Crippen LogP contribution in [0.1, 0.15) is 29.6 Å². The summed E-state index contributed by atoms with van der Waals surface area (Å²) in [5.74, 6) is 2.38. The fourth-order valence-electron chi connectivity index (χ4n) is 2.59. The van der Waals surface area contributed by atoms with Crippen molar-refractivity contribution in [1.82, 2.24) is 5.32 Å². The number of benzene rings is 1. The average molecular weight is 326 g/mol. The highest BCUT2D eigenvalue weighted by Gasteiger charge is 2.38. The molecule has 1 N–H and O–H groups in total. The first kappa shape index (κ1) is 16.0. The van der Waals surface area contributed by atoms with Crippen molar-refractivity contribution in [3.8, 4) is 12.3 Å². The van der Waals surface area contributed by atoms with E-state index in [1.54, 1.807) is 24.3 Å². The van der Waals surface area contributed by atoms with E-state index in [1.165, 1.54) is 4.90 Å². The van der Waals surface area contributed by atoms with Gasteiger partial charge in [-0.2, -0.15) is 10.2 Å². The predicted molar refractivity (Wildman–Crippen MR) is 87.7 cm³/mol. The normalized spacial score (nSPS) is 17.3. The van der Waals surface area contributed by atoms with Gasteiger partial charge in [0.25, 0.3) is 5.91 Å². The maximum atomic E-state index is 12.3. The summed E-state index contributed by atoms with van der Waals surface area (Å²) >= 11 is 0. The number of carbonyl (C=O) groups excluding carboxylic acids is 2. The van der Waals surface area contributed by atoms with Crippen molar-refractivity contribution in [3.05, 3.63) is 29.8 Å². The second-order valence-corrected chi connectivity index (χ2v) is 5.71. The van der Waals surface area contributed by atoms with Crippen molar-refractivity contribution in [2.75, 3.05) is 24.6 Å². The van der Waals surface area contributed by atoms with Crippen LogP contribution in [0.3, 0.4) is 0 Å². The average Bonchev–Trinajstić information content (AvgIpc) is 3.24. The molecule has 2 aliphatic rings. The van der Waals surface area contributed by atoms with Gasteiger partial charge in [-0.1, -0.05) is 6.07 Å². The molecule has 0 aliphatic carbocycles. The number of rotatable bonds is 7. The second kappa shape index (κ2) is 6.71. The Morgan fingerprint density at radius 3 is 2.92 bits per heavy atom. The monoisotopic (exact) mass is 326 g/mol. The summed E-state index contributed by atoms with van der Waals surface area (Å²) in [7, 11) is 0. The van der Waals surface area contributed by atoms with Crippen molar-refractivity contribution in [2.24, 2.45) is 10.2 Å². The molecule has 0 spiro atoms. The van der Waals surface area contributed by atoms with Gasteiger partial charge in [0.15, 0.2) is 5.66 Å². The van der Waals surface area contributed by atoms with Gasteiger partial charge in [0.2, 0.25) is 0 Å². The summed E-state index contributed by atoms with van der Waals surface area (Å²) in [5, 5.41) is 10.9. The van der Waals surface area contributed by atoms with Gasteiger partial charge in [-0.15, -0.1) is 12.3 Å². The SMILES string of the molecule is C#CCCC1(CCNC(=O)c2cccc(N3CCOC3=O)c2)N=N1. The lowest BCUT2D eigenvalue weighted by Gasteiger charge is -2.14. The molecule has 2 heterocycles. The van der Waals surface area contributed by atoms with Crippen LogP contribution >= 0.6 is 0 Å². The van der Waals surface area contributed by atoms with E-state index >= 15 is 0 Å². The van der Waals surface area contributed by atoms with Crippen LogP contribution in [-0.2, 0) is 4.74 Å². The number of carbonyl (C=O) groups is 2. The maximum absolute atomic E-state index is 12.3. The van der Waals surface area contributed by atoms with Gasteiger partial charge in [0.05, 0.1) is 6.54 Å². The first-order valence-electron chi connectivity index (χ1n) is 7.84. The van der Waals surface area contributed by atoms with Gasteiger partial charge in [-0.05, 0) is 18.2 Å². The number of cyclic esters (lactones) is 1. The third-order valence-corrected chi connectivity index (χ3v) is 4.04. The maximum Gasteiger partial charge on any atom is 0.414 e. The number of nitrogens with zero attached hydrogens (tertiary/aromatic N) is 3. The Labute approximate surface area is 140 Å². The second-order valence-electron chi connectivity index (χ2n) is 5.71. The summed E-state index contributed by atoms with van der Waals surface area (Å²) < 4.78 is 4.91. The van der Waals surface area contributed by atoms with Gasteiger partial charge in [0, 0.05) is 37.1 Å². The minimum absolute atomic E-state index is 0.197. The Morgan fingerprint density at radius 1 is 1.42 bits per heavy atom. The molecule has 1 aromatic rings. The molecule has 124 valence electrons. The minimum atomic E-state index is -0.402. The van der Waals surface area contributed by atoms with Crippen LogP contribution in [0.2, 0.25) is 0 Å². The van der Waals surface area contributed by atoms with E-state index < -0.39 is 5.66 Å². The van der Waals surface area contributed by atoms with E-state index in [9.17, 15) is 9.59 Å². The molecule has 3 rings (SSSR count). The Morgan fingerprint density at radius 2 is 2.25 bits per heavy atom. The molecule has 0 unspecified atom stereocenters. The molecule has 1 fully saturated rings. The minimum Gasteiger partial charge on any atom is -0.447 e. The summed E-state index contributed by atoms with van der Waals surface area (Å²) in [6.45, 7) is 1.32. The molecule has 2 amide bonds. The Hall–Kier alpha value is -2.88. The molecule has 0 atom stereocenters. The van der Waals surface area contributed by atoms with E-state index in [0.717, 1.165) is 0 Å². The number of ether oxygens (including phenoxy) is 1. The Bertz CT molecular complexity index is 717. The summed E-state index contributed by atoms with van der Waals surface area (Å²) in [4.78, 5) is 25.4. The van der Waals surface area contributed by atoms with Gasteiger partial charge >= 0.3 is 6.09 Å². The fourth-order valence-corrected chi connectivity index (χ4v) is 2.59. The molecular weight excluding hydrogens is 308 g/mol. The summed E-state index contributed by atoms with van der Waals surface area (Å²) in [6, 6.07) is 6.91. The van der Waals surface area contributed by atoms with Crippen LogP contribution < -0.4 is 10.2 Å². The quantitative estimate of drug-likeness (QED) is 0.781.